The third kappa shape index (κ3) is 6.72. The van der Waals surface area contributed by atoms with Crippen LogP contribution >= 0.6 is 0 Å². The molecule has 2 saturated heterocycles. The van der Waals surface area contributed by atoms with E-state index in [1.165, 1.54) is 11.1 Å². The highest BCUT2D eigenvalue weighted by molar-refractivity contribution is 5.68. The number of nitrogens with zero attached hydrogens (tertiary/aromatic N) is 3. The van der Waals surface area contributed by atoms with Crippen LogP contribution < -0.4 is 19.7 Å². The molecule has 1 amide bonds. The van der Waals surface area contributed by atoms with Gasteiger partial charge in [-0.05, 0) is 56.2 Å². The SMILES string of the molecule is CC(C)(C)OC(=O)NC1CC(Oc2ccc(C(C)(C)c3ccc(OCc4cc(N5CC6(COC6)C5)ncn4)cc3)cc2)C1. The van der Waals surface area contributed by atoms with Crippen molar-refractivity contribution in [1.29, 1.82) is 0 Å². The Bertz CT molecular complexity index is 1420. The second-order valence-corrected chi connectivity index (χ2v) is 13.7. The number of alkyl carbamates (subject to hydrolysis) is 1. The van der Waals surface area contributed by atoms with Crippen LogP contribution in [0.1, 0.15) is 64.3 Å². The van der Waals surface area contributed by atoms with E-state index in [0.29, 0.717) is 12.0 Å². The van der Waals surface area contributed by atoms with Crippen molar-refractivity contribution in [3.63, 3.8) is 0 Å². The zero-order chi connectivity index (χ0) is 30.2. The quantitative estimate of drug-likeness (QED) is 0.344. The average molecular weight is 587 g/mol. The first-order valence-corrected chi connectivity index (χ1v) is 15.1. The molecule has 9 heteroatoms. The molecule has 1 spiro atoms. The molecule has 1 aliphatic carbocycles. The largest absolute Gasteiger partial charge is 0.490 e. The molecule has 1 N–H and O–H groups in total. The maximum Gasteiger partial charge on any atom is 0.407 e. The standard InChI is InChI=1S/C34H42N4O5/c1-32(2,3)43-31(39)37-25-14-29(15-25)42-28-12-8-24(9-13-28)33(4,5)23-6-10-27(11-7-23)41-17-26-16-30(36-22-35-26)38-18-34(19-38)20-40-21-34/h6-13,16,22,25,29H,14-15,17-21H2,1-5H3,(H,37,39). The first kappa shape index (κ1) is 29.2. The summed E-state index contributed by atoms with van der Waals surface area (Å²) in [6.45, 7) is 14.1. The first-order chi connectivity index (χ1) is 20.5. The molecule has 1 aromatic heterocycles. The van der Waals surface area contributed by atoms with Gasteiger partial charge in [-0.25, -0.2) is 14.8 Å². The molecule has 2 aromatic carbocycles. The van der Waals surface area contributed by atoms with Crippen molar-refractivity contribution in [2.45, 2.75) is 77.2 Å². The van der Waals surface area contributed by atoms with Gasteiger partial charge in [0.2, 0.25) is 0 Å². The Labute approximate surface area is 253 Å². The second kappa shape index (κ2) is 11.3. The van der Waals surface area contributed by atoms with E-state index in [4.69, 9.17) is 18.9 Å². The number of carbonyl (C=O) groups is 1. The minimum Gasteiger partial charge on any atom is -0.490 e. The third-order valence-electron chi connectivity index (χ3n) is 8.56. The molecule has 1 saturated carbocycles. The molecule has 3 aliphatic rings. The zero-order valence-corrected chi connectivity index (χ0v) is 25.8. The molecule has 228 valence electrons. The maximum atomic E-state index is 12.0. The zero-order valence-electron chi connectivity index (χ0n) is 25.8. The van der Waals surface area contributed by atoms with Gasteiger partial charge < -0.3 is 29.2 Å². The van der Waals surface area contributed by atoms with Crippen molar-refractivity contribution in [2.24, 2.45) is 5.41 Å². The first-order valence-electron chi connectivity index (χ1n) is 15.1. The van der Waals surface area contributed by atoms with Crippen LogP contribution in [-0.2, 0) is 21.5 Å². The van der Waals surface area contributed by atoms with Gasteiger partial charge in [0.15, 0.2) is 0 Å². The van der Waals surface area contributed by atoms with Gasteiger partial charge in [0.05, 0.1) is 24.3 Å². The lowest BCUT2D eigenvalue weighted by atomic mass is 9.78. The number of benzene rings is 2. The smallest absolute Gasteiger partial charge is 0.407 e. The van der Waals surface area contributed by atoms with Crippen LogP contribution in [0.15, 0.2) is 60.9 Å². The van der Waals surface area contributed by atoms with E-state index in [2.05, 4.69) is 58.3 Å². The minimum atomic E-state index is -0.498. The van der Waals surface area contributed by atoms with Crippen LogP contribution in [0.2, 0.25) is 0 Å². The van der Waals surface area contributed by atoms with E-state index >= 15 is 0 Å². The average Bonchev–Trinajstić information content (AvgIpc) is 2.89. The fraction of sp³-hybridized carbons (Fsp3) is 0.500. The number of ether oxygens (including phenoxy) is 4. The molecule has 0 radical (unpaired) electrons. The Balaban J connectivity index is 0.977. The summed E-state index contributed by atoms with van der Waals surface area (Å²) >= 11 is 0. The van der Waals surface area contributed by atoms with Gasteiger partial charge in [0, 0.05) is 43.5 Å². The van der Waals surface area contributed by atoms with Crippen LogP contribution in [0.25, 0.3) is 0 Å². The van der Waals surface area contributed by atoms with Crippen molar-refractivity contribution in [2.75, 3.05) is 31.2 Å². The molecule has 3 heterocycles. The number of rotatable bonds is 9. The monoisotopic (exact) mass is 586 g/mol. The van der Waals surface area contributed by atoms with Crippen molar-refractivity contribution in [3.05, 3.63) is 77.7 Å². The van der Waals surface area contributed by atoms with Crippen LogP contribution in [0.5, 0.6) is 11.5 Å². The van der Waals surface area contributed by atoms with Crippen molar-refractivity contribution >= 4 is 11.9 Å². The van der Waals surface area contributed by atoms with E-state index in [-0.39, 0.29) is 23.7 Å². The van der Waals surface area contributed by atoms with Crippen LogP contribution in [0.4, 0.5) is 10.6 Å². The number of carbonyl (C=O) groups excluding carboxylic acids is 1. The third-order valence-corrected chi connectivity index (χ3v) is 8.56. The maximum absolute atomic E-state index is 12.0. The predicted octanol–water partition coefficient (Wildman–Crippen LogP) is 5.65. The van der Waals surface area contributed by atoms with E-state index in [0.717, 1.165) is 62.2 Å². The van der Waals surface area contributed by atoms with Gasteiger partial charge in [0.1, 0.15) is 42.0 Å². The van der Waals surface area contributed by atoms with Gasteiger partial charge in [0.25, 0.3) is 0 Å². The predicted molar refractivity (Wildman–Crippen MR) is 164 cm³/mol. The normalized spacial score (nSPS) is 20.8. The van der Waals surface area contributed by atoms with Gasteiger partial charge >= 0.3 is 6.09 Å². The Morgan fingerprint density at radius 3 is 2.16 bits per heavy atom. The van der Waals surface area contributed by atoms with Crippen LogP contribution in [0, 0.1) is 5.41 Å². The van der Waals surface area contributed by atoms with Crippen molar-refractivity contribution < 1.29 is 23.7 Å². The molecule has 0 atom stereocenters. The molecule has 0 bridgehead atoms. The van der Waals surface area contributed by atoms with E-state index in [1.807, 2.05) is 51.1 Å². The van der Waals surface area contributed by atoms with Crippen LogP contribution in [-0.4, -0.2) is 60.1 Å². The van der Waals surface area contributed by atoms with Gasteiger partial charge in [-0.2, -0.15) is 0 Å². The molecule has 3 aromatic rings. The number of nitrogens with one attached hydrogen (secondary N) is 1. The fourth-order valence-corrected chi connectivity index (χ4v) is 5.82. The summed E-state index contributed by atoms with van der Waals surface area (Å²) in [5.41, 5.74) is 2.90. The number of aromatic nitrogens is 2. The summed E-state index contributed by atoms with van der Waals surface area (Å²) in [4.78, 5) is 23.1. The Morgan fingerprint density at radius 1 is 0.953 bits per heavy atom. The molecular weight excluding hydrogens is 544 g/mol. The second-order valence-electron chi connectivity index (χ2n) is 13.7. The number of amides is 1. The van der Waals surface area contributed by atoms with Gasteiger partial charge in [-0.15, -0.1) is 0 Å². The van der Waals surface area contributed by atoms with E-state index < -0.39 is 5.60 Å². The summed E-state index contributed by atoms with van der Waals surface area (Å²) in [7, 11) is 0. The molecular formula is C34H42N4O5. The minimum absolute atomic E-state index is 0.0872. The molecule has 2 aliphatic heterocycles. The highest BCUT2D eigenvalue weighted by Crippen LogP contribution is 2.39. The topological polar surface area (TPSA) is 95.0 Å². The molecule has 9 nitrogen and oxygen atoms in total. The summed E-state index contributed by atoms with van der Waals surface area (Å²) < 4.78 is 22.9. The number of hydrogen-bond acceptors (Lipinski definition) is 8. The fourth-order valence-electron chi connectivity index (χ4n) is 5.82. The summed E-state index contributed by atoms with van der Waals surface area (Å²) in [5, 5.41) is 2.91. The lowest BCUT2D eigenvalue weighted by Crippen LogP contribution is -2.66. The summed E-state index contributed by atoms with van der Waals surface area (Å²) in [6, 6.07) is 18.7. The van der Waals surface area contributed by atoms with Crippen molar-refractivity contribution in [1.82, 2.24) is 15.3 Å². The summed E-state index contributed by atoms with van der Waals surface area (Å²) in [5.74, 6) is 2.59. The lowest BCUT2D eigenvalue weighted by Gasteiger charge is -2.55. The Kier molecular flexibility index (Phi) is 7.71. The van der Waals surface area contributed by atoms with Gasteiger partial charge in [-0.3, -0.25) is 0 Å². The Morgan fingerprint density at radius 2 is 1.58 bits per heavy atom. The Hall–Kier alpha value is -3.85. The van der Waals surface area contributed by atoms with Crippen LogP contribution in [0.3, 0.4) is 0 Å². The molecule has 43 heavy (non-hydrogen) atoms. The number of hydrogen-bond donors (Lipinski definition) is 1. The number of anilines is 1. The molecule has 0 unspecified atom stereocenters. The summed E-state index contributed by atoms with van der Waals surface area (Å²) in [6.07, 6.45) is 2.88. The van der Waals surface area contributed by atoms with E-state index in [9.17, 15) is 4.79 Å². The highest BCUT2D eigenvalue weighted by atomic mass is 16.6. The lowest BCUT2D eigenvalue weighted by molar-refractivity contribution is -0.127. The van der Waals surface area contributed by atoms with Gasteiger partial charge in [-0.1, -0.05) is 38.1 Å². The molecule has 6 rings (SSSR count). The molecule has 3 fully saturated rings. The van der Waals surface area contributed by atoms with E-state index in [1.54, 1.807) is 6.33 Å². The highest BCUT2D eigenvalue weighted by Gasteiger charge is 2.49. The van der Waals surface area contributed by atoms with Crippen molar-refractivity contribution in [3.8, 4) is 11.5 Å².